The molecule has 0 bridgehead atoms. The zero-order chi connectivity index (χ0) is 14.4. The molecule has 0 aliphatic rings. The number of hydrogen-bond acceptors (Lipinski definition) is 2. The van der Waals surface area contributed by atoms with Gasteiger partial charge in [0.1, 0.15) is 5.75 Å². The topological polar surface area (TPSA) is 26.3 Å². The number of ether oxygens (including phenoxy) is 1. The van der Waals surface area contributed by atoms with Crippen LogP contribution in [0, 0.1) is 0 Å². The highest BCUT2D eigenvalue weighted by Gasteiger charge is 2.06. The summed E-state index contributed by atoms with van der Waals surface area (Å²) in [5.74, 6) is 0.665. The Labute approximate surface area is 128 Å². The van der Waals surface area contributed by atoms with Gasteiger partial charge >= 0.3 is 0 Å². The van der Waals surface area contributed by atoms with Crippen molar-refractivity contribution in [1.82, 2.24) is 0 Å². The molecule has 2 aromatic rings. The normalized spacial score (nSPS) is 10.3. The summed E-state index contributed by atoms with van der Waals surface area (Å²) >= 11 is 11.9. The molecular formula is C16H14Cl2O2. The van der Waals surface area contributed by atoms with Crippen molar-refractivity contribution < 1.29 is 9.53 Å². The fourth-order valence-corrected chi connectivity index (χ4v) is 2.11. The molecule has 4 heteroatoms. The van der Waals surface area contributed by atoms with Crippen LogP contribution in [-0.2, 0) is 0 Å². The molecule has 0 amide bonds. The van der Waals surface area contributed by atoms with E-state index in [9.17, 15) is 4.79 Å². The van der Waals surface area contributed by atoms with Gasteiger partial charge in [0.05, 0.1) is 11.6 Å². The molecule has 0 aromatic heterocycles. The summed E-state index contributed by atoms with van der Waals surface area (Å²) in [4.78, 5) is 11.9. The number of benzene rings is 2. The fraction of sp³-hybridized carbons (Fsp3) is 0.188. The lowest BCUT2D eigenvalue weighted by molar-refractivity contribution is 0.0973. The highest BCUT2D eigenvalue weighted by Crippen LogP contribution is 2.27. The van der Waals surface area contributed by atoms with Gasteiger partial charge in [-0.25, -0.2) is 0 Å². The summed E-state index contributed by atoms with van der Waals surface area (Å²) in [6, 6.07) is 14.3. The molecule has 104 valence electrons. The van der Waals surface area contributed by atoms with E-state index in [0.717, 1.165) is 5.56 Å². The zero-order valence-electron chi connectivity index (χ0n) is 10.8. The van der Waals surface area contributed by atoms with E-state index in [-0.39, 0.29) is 5.78 Å². The van der Waals surface area contributed by atoms with Crippen LogP contribution in [0.15, 0.2) is 48.5 Å². The predicted molar refractivity (Wildman–Crippen MR) is 82.0 cm³/mol. The third-order valence-corrected chi connectivity index (χ3v) is 3.34. The van der Waals surface area contributed by atoms with E-state index in [1.54, 1.807) is 18.2 Å². The number of rotatable bonds is 6. The van der Waals surface area contributed by atoms with Gasteiger partial charge in [-0.05, 0) is 18.6 Å². The van der Waals surface area contributed by atoms with Gasteiger partial charge in [-0.3, -0.25) is 4.79 Å². The van der Waals surface area contributed by atoms with Crippen LogP contribution in [0.5, 0.6) is 5.75 Å². The maximum absolute atomic E-state index is 11.9. The molecule has 0 saturated heterocycles. The van der Waals surface area contributed by atoms with Crippen molar-refractivity contribution in [2.45, 2.75) is 12.8 Å². The first kappa shape index (κ1) is 14.9. The van der Waals surface area contributed by atoms with Crippen LogP contribution in [0.25, 0.3) is 0 Å². The molecule has 0 atom stereocenters. The second-order valence-electron chi connectivity index (χ2n) is 4.32. The van der Waals surface area contributed by atoms with Crippen molar-refractivity contribution in [3.63, 3.8) is 0 Å². The number of carbonyl (C=O) groups excluding carboxylic acids is 1. The van der Waals surface area contributed by atoms with Crippen LogP contribution in [0.3, 0.4) is 0 Å². The number of Topliss-reactive ketones (excluding diaryl/α,β-unsaturated/α-hetero) is 1. The first-order valence-electron chi connectivity index (χ1n) is 6.33. The minimum absolute atomic E-state index is 0.117. The van der Waals surface area contributed by atoms with Gasteiger partial charge in [-0.15, -0.1) is 0 Å². The molecule has 0 radical (unpaired) electrons. The second kappa shape index (κ2) is 7.32. The van der Waals surface area contributed by atoms with Gasteiger partial charge < -0.3 is 4.74 Å². The summed E-state index contributed by atoms with van der Waals surface area (Å²) in [5.41, 5.74) is 0.730. The summed E-state index contributed by atoms with van der Waals surface area (Å²) in [7, 11) is 0. The molecule has 2 nitrogen and oxygen atoms in total. The molecule has 0 N–H and O–H groups in total. The molecule has 2 aromatic carbocycles. The Morgan fingerprint density at radius 3 is 2.55 bits per heavy atom. The van der Waals surface area contributed by atoms with Gasteiger partial charge in [0.15, 0.2) is 5.78 Å². The minimum Gasteiger partial charge on any atom is -0.492 e. The Morgan fingerprint density at radius 2 is 1.80 bits per heavy atom. The molecule has 20 heavy (non-hydrogen) atoms. The molecule has 0 aliphatic carbocycles. The molecule has 0 unspecified atom stereocenters. The van der Waals surface area contributed by atoms with Crippen LogP contribution in [0.1, 0.15) is 23.2 Å². The van der Waals surface area contributed by atoms with Gasteiger partial charge in [0, 0.05) is 23.1 Å². The van der Waals surface area contributed by atoms with Crippen LogP contribution in [0.4, 0.5) is 0 Å². The maximum Gasteiger partial charge on any atom is 0.163 e. The lowest BCUT2D eigenvalue weighted by Gasteiger charge is -2.08. The summed E-state index contributed by atoms with van der Waals surface area (Å²) in [6.07, 6.45) is 1.08. The van der Waals surface area contributed by atoms with Crippen LogP contribution in [-0.4, -0.2) is 12.4 Å². The Kier molecular flexibility index (Phi) is 5.45. The summed E-state index contributed by atoms with van der Waals surface area (Å²) in [5, 5.41) is 1.09. The van der Waals surface area contributed by atoms with E-state index in [4.69, 9.17) is 27.9 Å². The highest BCUT2D eigenvalue weighted by molar-refractivity contribution is 6.34. The molecule has 0 spiro atoms. The van der Waals surface area contributed by atoms with Gasteiger partial charge in [0.25, 0.3) is 0 Å². The smallest absolute Gasteiger partial charge is 0.163 e. The molecule has 0 fully saturated rings. The average molecular weight is 309 g/mol. The minimum atomic E-state index is 0.117. The van der Waals surface area contributed by atoms with Crippen LogP contribution in [0.2, 0.25) is 10.0 Å². The number of ketones is 1. The summed E-state index contributed by atoms with van der Waals surface area (Å²) in [6.45, 7) is 0.429. The molecule has 0 aliphatic heterocycles. The van der Waals surface area contributed by atoms with E-state index >= 15 is 0 Å². The third-order valence-electron chi connectivity index (χ3n) is 2.79. The van der Waals surface area contributed by atoms with E-state index in [1.165, 1.54) is 0 Å². The SMILES string of the molecule is O=C(CCCOc1cc(Cl)ccc1Cl)c1ccccc1. The molecule has 0 heterocycles. The van der Waals surface area contributed by atoms with Crippen molar-refractivity contribution in [2.75, 3.05) is 6.61 Å². The first-order chi connectivity index (χ1) is 9.66. The highest BCUT2D eigenvalue weighted by atomic mass is 35.5. The second-order valence-corrected chi connectivity index (χ2v) is 5.16. The zero-order valence-corrected chi connectivity index (χ0v) is 12.3. The molecule has 2 rings (SSSR count). The van der Waals surface area contributed by atoms with Gasteiger partial charge in [-0.2, -0.15) is 0 Å². The Hall–Kier alpha value is -1.51. The molecule has 0 saturated carbocycles. The third kappa shape index (κ3) is 4.26. The van der Waals surface area contributed by atoms with E-state index in [1.807, 2.05) is 30.3 Å². The van der Waals surface area contributed by atoms with Gasteiger partial charge in [-0.1, -0.05) is 53.5 Å². The van der Waals surface area contributed by atoms with E-state index in [2.05, 4.69) is 0 Å². The fourth-order valence-electron chi connectivity index (χ4n) is 1.77. The molecular weight excluding hydrogens is 295 g/mol. The van der Waals surface area contributed by atoms with E-state index < -0.39 is 0 Å². The predicted octanol–water partition coefficient (Wildman–Crippen LogP) is 5.04. The Morgan fingerprint density at radius 1 is 1.05 bits per heavy atom. The van der Waals surface area contributed by atoms with Crippen molar-refractivity contribution in [3.8, 4) is 5.75 Å². The number of halogens is 2. The lowest BCUT2D eigenvalue weighted by atomic mass is 10.1. The number of hydrogen-bond donors (Lipinski definition) is 0. The largest absolute Gasteiger partial charge is 0.492 e. The quantitative estimate of drug-likeness (QED) is 0.552. The van der Waals surface area contributed by atoms with Crippen molar-refractivity contribution in [2.24, 2.45) is 0 Å². The monoisotopic (exact) mass is 308 g/mol. The van der Waals surface area contributed by atoms with Crippen molar-refractivity contribution in [3.05, 3.63) is 64.1 Å². The van der Waals surface area contributed by atoms with Gasteiger partial charge in [0.2, 0.25) is 0 Å². The summed E-state index contributed by atoms with van der Waals surface area (Å²) < 4.78 is 5.54. The first-order valence-corrected chi connectivity index (χ1v) is 7.08. The average Bonchev–Trinajstić information content (AvgIpc) is 2.47. The van der Waals surface area contributed by atoms with Crippen LogP contribution < -0.4 is 4.74 Å². The Balaban J connectivity index is 1.79. The maximum atomic E-state index is 11.9. The van der Waals surface area contributed by atoms with Crippen molar-refractivity contribution in [1.29, 1.82) is 0 Å². The Bertz CT molecular complexity index is 582. The van der Waals surface area contributed by atoms with Crippen molar-refractivity contribution >= 4 is 29.0 Å². The standard InChI is InChI=1S/C16H14Cl2O2/c17-13-8-9-14(18)16(11-13)20-10-4-7-15(19)12-5-2-1-3-6-12/h1-3,5-6,8-9,11H,4,7,10H2. The van der Waals surface area contributed by atoms with E-state index in [0.29, 0.717) is 35.2 Å². The van der Waals surface area contributed by atoms with Crippen LogP contribution >= 0.6 is 23.2 Å². The number of carbonyl (C=O) groups is 1. The lowest BCUT2D eigenvalue weighted by Crippen LogP contribution is -2.04.